The van der Waals surface area contributed by atoms with E-state index in [-0.39, 0.29) is 0 Å². The topological polar surface area (TPSA) is 75.6 Å². The molecule has 0 unspecified atom stereocenters. The van der Waals surface area contributed by atoms with E-state index in [2.05, 4.69) is 11.9 Å². The smallest absolute Gasteiger partial charge is 0.408 e. The molecular formula is C16H27NO4. The Bertz CT molecular complexity index is 413. The number of rotatable bonds is 7. The number of carboxylic acid groups (broad SMARTS) is 1. The Kier molecular flexibility index (Phi) is 5.42. The van der Waals surface area contributed by atoms with Crippen molar-refractivity contribution in [3.63, 3.8) is 0 Å². The third kappa shape index (κ3) is 5.06. The maximum Gasteiger partial charge on any atom is 0.408 e. The summed E-state index contributed by atoms with van der Waals surface area (Å²) in [5.74, 6) is -0.691. The van der Waals surface area contributed by atoms with Crippen LogP contribution in [0.2, 0.25) is 0 Å². The van der Waals surface area contributed by atoms with Gasteiger partial charge in [-0.05, 0) is 38.0 Å². The van der Waals surface area contributed by atoms with E-state index in [1.54, 1.807) is 20.8 Å². The summed E-state index contributed by atoms with van der Waals surface area (Å²) in [6, 6.07) is -0.966. The van der Waals surface area contributed by atoms with Crippen LogP contribution in [0.1, 0.15) is 53.4 Å². The summed E-state index contributed by atoms with van der Waals surface area (Å²) in [6.07, 6.45) is 5.07. The van der Waals surface area contributed by atoms with E-state index in [0.29, 0.717) is 5.92 Å². The Morgan fingerprint density at radius 1 is 1.52 bits per heavy atom. The van der Waals surface area contributed by atoms with Gasteiger partial charge in [0.25, 0.3) is 0 Å². The summed E-state index contributed by atoms with van der Waals surface area (Å²) in [7, 11) is 0. The first-order chi connectivity index (χ1) is 9.60. The fourth-order valence-corrected chi connectivity index (χ4v) is 2.48. The number of hydrogen-bond acceptors (Lipinski definition) is 3. The van der Waals surface area contributed by atoms with Gasteiger partial charge in [0.2, 0.25) is 0 Å². The fraction of sp³-hybridized carbons (Fsp3) is 0.750. The first-order valence-electron chi connectivity index (χ1n) is 7.43. The molecule has 0 aromatic rings. The van der Waals surface area contributed by atoms with Crippen molar-refractivity contribution in [2.45, 2.75) is 65.0 Å². The second-order valence-corrected chi connectivity index (χ2v) is 7.10. The zero-order valence-electron chi connectivity index (χ0n) is 13.4. The van der Waals surface area contributed by atoms with Gasteiger partial charge in [-0.2, -0.15) is 0 Å². The number of unbranched alkanes of at least 4 members (excludes halogenated alkanes) is 1. The van der Waals surface area contributed by atoms with Crippen molar-refractivity contribution in [3.8, 4) is 0 Å². The van der Waals surface area contributed by atoms with Gasteiger partial charge in [-0.3, -0.25) is 0 Å². The van der Waals surface area contributed by atoms with Crippen molar-refractivity contribution < 1.29 is 19.4 Å². The summed E-state index contributed by atoms with van der Waals surface area (Å²) < 4.78 is 5.43. The van der Waals surface area contributed by atoms with Crippen LogP contribution in [0.15, 0.2) is 12.7 Å². The van der Waals surface area contributed by atoms with E-state index < -0.39 is 29.1 Å². The Morgan fingerprint density at radius 3 is 2.62 bits per heavy atom. The molecular weight excluding hydrogens is 270 g/mol. The average Bonchev–Trinajstić information content (AvgIpc) is 2.95. The highest BCUT2D eigenvalue weighted by Gasteiger charge is 2.53. The van der Waals surface area contributed by atoms with Gasteiger partial charge in [0.1, 0.15) is 11.6 Å². The lowest BCUT2D eigenvalue weighted by Crippen LogP contribution is -2.50. The molecule has 120 valence electrons. The van der Waals surface area contributed by atoms with Gasteiger partial charge < -0.3 is 15.2 Å². The molecule has 3 atom stereocenters. The second-order valence-electron chi connectivity index (χ2n) is 7.10. The number of ether oxygens (including phenoxy) is 1. The molecule has 0 radical (unpaired) electrons. The van der Waals surface area contributed by atoms with Crippen molar-refractivity contribution in [1.29, 1.82) is 0 Å². The molecule has 2 N–H and O–H groups in total. The van der Waals surface area contributed by atoms with Crippen molar-refractivity contribution in [3.05, 3.63) is 12.7 Å². The monoisotopic (exact) mass is 297 g/mol. The molecule has 5 nitrogen and oxygen atoms in total. The summed E-state index contributed by atoms with van der Waals surface area (Å²) in [5, 5.41) is 11.7. The highest BCUT2D eigenvalue weighted by atomic mass is 16.6. The Hall–Kier alpha value is -1.52. The molecule has 1 rings (SSSR count). The van der Waals surface area contributed by atoms with E-state index in [0.717, 1.165) is 25.7 Å². The zero-order valence-corrected chi connectivity index (χ0v) is 13.4. The Morgan fingerprint density at radius 2 is 2.14 bits per heavy atom. The minimum absolute atomic E-state index is 0.362. The maximum absolute atomic E-state index is 11.9. The molecule has 0 saturated heterocycles. The first-order valence-corrected chi connectivity index (χ1v) is 7.43. The molecule has 1 aliphatic carbocycles. The van der Waals surface area contributed by atoms with E-state index in [4.69, 9.17) is 4.74 Å². The molecule has 0 spiro atoms. The van der Waals surface area contributed by atoms with E-state index >= 15 is 0 Å². The molecule has 1 amide bonds. The number of carbonyl (C=O) groups excluding carboxylic acids is 1. The second kappa shape index (κ2) is 6.50. The van der Waals surface area contributed by atoms with Gasteiger partial charge in [0, 0.05) is 5.92 Å². The predicted molar refractivity (Wildman–Crippen MR) is 81.1 cm³/mol. The van der Waals surface area contributed by atoms with Crippen LogP contribution in [0.5, 0.6) is 0 Å². The third-order valence-corrected chi connectivity index (χ3v) is 4.02. The third-order valence-electron chi connectivity index (χ3n) is 4.02. The number of hydrogen-bond donors (Lipinski definition) is 2. The van der Waals surface area contributed by atoms with E-state index in [9.17, 15) is 14.7 Å². The molecule has 21 heavy (non-hydrogen) atoms. The molecule has 0 bridgehead atoms. The number of carboxylic acids is 1. The Balaban J connectivity index is 2.47. The number of aliphatic carboxylic acids is 1. The number of alkyl carbamates (subject to hydrolysis) is 1. The highest BCUT2D eigenvalue weighted by molar-refractivity contribution is 5.80. The molecule has 0 aromatic heterocycles. The van der Waals surface area contributed by atoms with Gasteiger partial charge in [-0.25, -0.2) is 9.59 Å². The van der Waals surface area contributed by atoms with Crippen LogP contribution in [0.3, 0.4) is 0 Å². The van der Waals surface area contributed by atoms with Gasteiger partial charge in [-0.1, -0.05) is 26.8 Å². The summed E-state index contributed by atoms with van der Waals surface area (Å²) in [6.45, 7) is 10.9. The van der Waals surface area contributed by atoms with Gasteiger partial charge in [-0.15, -0.1) is 6.58 Å². The molecule has 0 aromatic carbocycles. The van der Waals surface area contributed by atoms with Crippen molar-refractivity contribution >= 4 is 12.1 Å². The van der Waals surface area contributed by atoms with Gasteiger partial charge >= 0.3 is 12.1 Å². The molecule has 1 fully saturated rings. The first kappa shape index (κ1) is 17.5. The maximum atomic E-state index is 11.9. The average molecular weight is 297 g/mol. The molecule has 1 saturated carbocycles. The van der Waals surface area contributed by atoms with Crippen LogP contribution < -0.4 is 5.32 Å². The zero-order chi connectivity index (χ0) is 16.3. The van der Waals surface area contributed by atoms with Gasteiger partial charge in [0.15, 0.2) is 0 Å². The molecule has 1 aliphatic rings. The van der Waals surface area contributed by atoms with Crippen LogP contribution in [-0.2, 0) is 9.53 Å². The molecule has 5 heteroatoms. The van der Waals surface area contributed by atoms with Crippen LogP contribution in [0.4, 0.5) is 4.79 Å². The van der Waals surface area contributed by atoms with Crippen LogP contribution in [0, 0.1) is 11.3 Å². The molecule has 0 aliphatic heterocycles. The number of amides is 1. The lowest BCUT2D eigenvalue weighted by molar-refractivity contribution is -0.142. The quantitative estimate of drug-likeness (QED) is 0.558. The summed E-state index contributed by atoms with van der Waals surface area (Å²) in [5.41, 5.74) is -1.02. The standard InChI is InChI=1S/C16H27NO4/c1-6-7-8-9-11-10-16(11,5)21-14(20)17-12(13(18)19)15(2,3)4/h6,11-12H,1,7-10H2,2-5H3,(H,17,20)(H,18,19)/t11-,12+,16-/m0/s1. The molecule has 0 heterocycles. The SMILES string of the molecule is C=CCCC[C@H]1C[C@]1(C)OC(=O)N[C@H](C(=O)O)C(C)(C)C. The lowest BCUT2D eigenvalue weighted by atomic mass is 9.87. The summed E-state index contributed by atoms with van der Waals surface area (Å²) >= 11 is 0. The van der Waals surface area contributed by atoms with Crippen LogP contribution in [0.25, 0.3) is 0 Å². The predicted octanol–water partition coefficient (Wildman–Crippen LogP) is 3.35. The lowest BCUT2D eigenvalue weighted by Gasteiger charge is -2.28. The Labute approximate surface area is 126 Å². The van der Waals surface area contributed by atoms with E-state index in [1.807, 2.05) is 13.0 Å². The largest absolute Gasteiger partial charge is 0.480 e. The number of allylic oxidation sites excluding steroid dienone is 1. The number of carbonyl (C=O) groups is 2. The highest BCUT2D eigenvalue weighted by Crippen LogP contribution is 2.49. The van der Waals surface area contributed by atoms with Crippen molar-refractivity contribution in [1.82, 2.24) is 5.32 Å². The van der Waals surface area contributed by atoms with Crippen molar-refractivity contribution in [2.24, 2.45) is 11.3 Å². The van der Waals surface area contributed by atoms with E-state index in [1.165, 1.54) is 0 Å². The van der Waals surface area contributed by atoms with Crippen LogP contribution >= 0.6 is 0 Å². The van der Waals surface area contributed by atoms with Gasteiger partial charge in [0.05, 0.1) is 0 Å². The number of nitrogens with one attached hydrogen (secondary N) is 1. The van der Waals surface area contributed by atoms with Crippen molar-refractivity contribution in [2.75, 3.05) is 0 Å². The van der Waals surface area contributed by atoms with Crippen LogP contribution in [-0.4, -0.2) is 28.8 Å². The minimum Gasteiger partial charge on any atom is -0.480 e. The normalized spacial score (nSPS) is 25.8. The minimum atomic E-state index is -1.05. The summed E-state index contributed by atoms with van der Waals surface area (Å²) in [4.78, 5) is 23.1. The fourth-order valence-electron chi connectivity index (χ4n) is 2.48.